The summed E-state index contributed by atoms with van der Waals surface area (Å²) in [7, 11) is 0. The summed E-state index contributed by atoms with van der Waals surface area (Å²) in [6.45, 7) is 2.85. The molecule has 1 aliphatic heterocycles. The second-order valence-electron chi connectivity index (χ2n) is 5.16. The number of rotatable bonds is 3. The Kier molecular flexibility index (Phi) is 3.88. The zero-order chi connectivity index (χ0) is 14.8. The standard InChI is InChI=1S/C17H17F2NO/c1-2-20-15-10-17(12-8-7-11(18)9-14(12)19)21-16-6-4-3-5-13(15)16/h3-9,15,17,20H,2,10H2,1H3. The molecule has 0 saturated carbocycles. The third-order valence-corrected chi connectivity index (χ3v) is 3.77. The van der Waals surface area contributed by atoms with Crippen LogP contribution in [0, 0.1) is 11.6 Å². The highest BCUT2D eigenvalue weighted by Gasteiger charge is 2.30. The Balaban J connectivity index is 1.95. The van der Waals surface area contributed by atoms with Gasteiger partial charge in [0.15, 0.2) is 0 Å². The Hall–Kier alpha value is -1.94. The van der Waals surface area contributed by atoms with E-state index >= 15 is 0 Å². The number of hydrogen-bond donors (Lipinski definition) is 1. The van der Waals surface area contributed by atoms with Crippen molar-refractivity contribution in [2.45, 2.75) is 25.5 Å². The number of fused-ring (bicyclic) bond motifs is 1. The second-order valence-corrected chi connectivity index (χ2v) is 5.16. The van der Waals surface area contributed by atoms with E-state index < -0.39 is 17.7 Å². The SMILES string of the molecule is CCNC1CC(c2ccc(F)cc2F)Oc2ccccc21. The van der Waals surface area contributed by atoms with E-state index in [1.54, 1.807) is 0 Å². The van der Waals surface area contributed by atoms with E-state index in [0.717, 1.165) is 23.9 Å². The summed E-state index contributed by atoms with van der Waals surface area (Å²) in [6, 6.07) is 11.5. The first-order valence-corrected chi connectivity index (χ1v) is 7.13. The molecule has 0 fully saturated rings. The molecule has 0 aliphatic carbocycles. The maximum Gasteiger partial charge on any atom is 0.133 e. The van der Waals surface area contributed by atoms with Crippen LogP contribution in [0.3, 0.4) is 0 Å². The average molecular weight is 289 g/mol. The lowest BCUT2D eigenvalue weighted by atomic mass is 9.92. The van der Waals surface area contributed by atoms with Crippen LogP contribution < -0.4 is 10.1 Å². The molecule has 2 nitrogen and oxygen atoms in total. The van der Waals surface area contributed by atoms with Gasteiger partial charge in [-0.05, 0) is 24.7 Å². The number of hydrogen-bond acceptors (Lipinski definition) is 2. The molecule has 3 rings (SSSR count). The molecule has 1 heterocycles. The number of nitrogens with one attached hydrogen (secondary N) is 1. The highest BCUT2D eigenvalue weighted by Crippen LogP contribution is 2.41. The molecule has 0 spiro atoms. The Bertz CT molecular complexity index is 644. The van der Waals surface area contributed by atoms with E-state index in [0.29, 0.717) is 12.0 Å². The second kappa shape index (κ2) is 5.82. The van der Waals surface area contributed by atoms with Gasteiger partial charge in [0.2, 0.25) is 0 Å². The van der Waals surface area contributed by atoms with Crippen molar-refractivity contribution in [2.75, 3.05) is 6.54 Å². The van der Waals surface area contributed by atoms with Crippen LogP contribution in [-0.4, -0.2) is 6.54 Å². The first kappa shape index (κ1) is 14.0. The van der Waals surface area contributed by atoms with Crippen LogP contribution in [0.2, 0.25) is 0 Å². The van der Waals surface area contributed by atoms with Crippen LogP contribution in [0.4, 0.5) is 8.78 Å². The molecular formula is C17H17F2NO. The lowest BCUT2D eigenvalue weighted by Gasteiger charge is -2.33. The zero-order valence-corrected chi connectivity index (χ0v) is 11.8. The van der Waals surface area contributed by atoms with Gasteiger partial charge in [0, 0.05) is 29.7 Å². The normalized spacial score (nSPS) is 20.7. The quantitative estimate of drug-likeness (QED) is 0.917. The Morgan fingerprint density at radius 1 is 1.14 bits per heavy atom. The molecule has 0 amide bonds. The average Bonchev–Trinajstić information content (AvgIpc) is 2.47. The molecule has 2 unspecified atom stereocenters. The molecule has 4 heteroatoms. The molecule has 2 atom stereocenters. The van der Waals surface area contributed by atoms with Gasteiger partial charge in [-0.1, -0.05) is 25.1 Å². The predicted molar refractivity (Wildman–Crippen MR) is 77.2 cm³/mol. The largest absolute Gasteiger partial charge is 0.485 e. The topological polar surface area (TPSA) is 21.3 Å². The van der Waals surface area contributed by atoms with Gasteiger partial charge >= 0.3 is 0 Å². The molecule has 2 aromatic carbocycles. The summed E-state index contributed by atoms with van der Waals surface area (Å²) in [6.07, 6.45) is 0.206. The van der Waals surface area contributed by atoms with E-state index in [1.165, 1.54) is 12.1 Å². The van der Waals surface area contributed by atoms with Gasteiger partial charge in [-0.15, -0.1) is 0 Å². The summed E-state index contributed by atoms with van der Waals surface area (Å²) in [4.78, 5) is 0. The van der Waals surface area contributed by atoms with E-state index in [9.17, 15) is 8.78 Å². The van der Waals surface area contributed by atoms with Crippen molar-refractivity contribution in [3.05, 3.63) is 65.2 Å². The third-order valence-electron chi connectivity index (χ3n) is 3.77. The van der Waals surface area contributed by atoms with Crippen molar-refractivity contribution in [3.63, 3.8) is 0 Å². The van der Waals surface area contributed by atoms with Gasteiger partial charge in [0.25, 0.3) is 0 Å². The Morgan fingerprint density at radius 3 is 2.71 bits per heavy atom. The van der Waals surface area contributed by atoms with Gasteiger partial charge < -0.3 is 10.1 Å². The van der Waals surface area contributed by atoms with Gasteiger partial charge in [-0.3, -0.25) is 0 Å². The van der Waals surface area contributed by atoms with Crippen molar-refractivity contribution >= 4 is 0 Å². The Morgan fingerprint density at radius 2 is 1.95 bits per heavy atom. The third kappa shape index (κ3) is 2.76. The van der Waals surface area contributed by atoms with Crippen molar-refractivity contribution in [1.29, 1.82) is 0 Å². The summed E-state index contributed by atoms with van der Waals surface area (Å²) >= 11 is 0. The molecule has 0 aromatic heterocycles. The number of para-hydroxylation sites is 1. The van der Waals surface area contributed by atoms with Crippen LogP contribution >= 0.6 is 0 Å². The maximum absolute atomic E-state index is 14.0. The molecule has 110 valence electrons. The van der Waals surface area contributed by atoms with Gasteiger partial charge in [0.1, 0.15) is 23.5 Å². The summed E-state index contributed by atoms with van der Waals surface area (Å²) in [5.74, 6) is -0.381. The van der Waals surface area contributed by atoms with Crippen molar-refractivity contribution < 1.29 is 13.5 Å². The summed E-state index contributed by atoms with van der Waals surface area (Å²) in [5.41, 5.74) is 1.48. The fraction of sp³-hybridized carbons (Fsp3) is 0.294. The van der Waals surface area contributed by atoms with Gasteiger partial charge in [0.05, 0.1) is 0 Å². The van der Waals surface area contributed by atoms with E-state index in [2.05, 4.69) is 5.32 Å². The van der Waals surface area contributed by atoms with E-state index in [4.69, 9.17) is 4.74 Å². The molecular weight excluding hydrogens is 272 g/mol. The smallest absolute Gasteiger partial charge is 0.133 e. The van der Waals surface area contributed by atoms with E-state index in [-0.39, 0.29) is 6.04 Å². The molecule has 1 aliphatic rings. The monoisotopic (exact) mass is 289 g/mol. The van der Waals surface area contributed by atoms with Crippen molar-refractivity contribution in [2.24, 2.45) is 0 Å². The van der Waals surface area contributed by atoms with Crippen LogP contribution in [0.5, 0.6) is 5.75 Å². The minimum Gasteiger partial charge on any atom is -0.485 e. The van der Waals surface area contributed by atoms with Crippen molar-refractivity contribution in [1.82, 2.24) is 5.32 Å². The predicted octanol–water partition coefficient (Wildman–Crippen LogP) is 4.14. The van der Waals surface area contributed by atoms with Gasteiger partial charge in [-0.25, -0.2) is 8.78 Å². The molecule has 1 N–H and O–H groups in total. The van der Waals surface area contributed by atoms with Crippen LogP contribution in [0.25, 0.3) is 0 Å². The fourth-order valence-corrected chi connectivity index (χ4v) is 2.81. The van der Waals surface area contributed by atoms with Gasteiger partial charge in [-0.2, -0.15) is 0 Å². The zero-order valence-electron chi connectivity index (χ0n) is 11.8. The Labute approximate surface area is 122 Å². The number of benzene rings is 2. The molecule has 0 radical (unpaired) electrons. The molecule has 21 heavy (non-hydrogen) atoms. The molecule has 0 bridgehead atoms. The first-order valence-electron chi connectivity index (χ1n) is 7.13. The first-order chi connectivity index (χ1) is 10.2. The maximum atomic E-state index is 14.0. The lowest BCUT2D eigenvalue weighted by Crippen LogP contribution is -2.29. The van der Waals surface area contributed by atoms with Crippen LogP contribution in [0.1, 0.15) is 36.6 Å². The molecule has 2 aromatic rings. The van der Waals surface area contributed by atoms with Crippen LogP contribution in [0.15, 0.2) is 42.5 Å². The minimum absolute atomic E-state index is 0.106. The van der Waals surface area contributed by atoms with Crippen LogP contribution in [-0.2, 0) is 0 Å². The minimum atomic E-state index is -0.573. The van der Waals surface area contributed by atoms with Crippen molar-refractivity contribution in [3.8, 4) is 5.75 Å². The summed E-state index contributed by atoms with van der Waals surface area (Å²) in [5, 5.41) is 3.39. The fourth-order valence-electron chi connectivity index (χ4n) is 2.81. The number of halogens is 2. The highest BCUT2D eigenvalue weighted by molar-refractivity contribution is 5.39. The highest BCUT2D eigenvalue weighted by atomic mass is 19.1. The van der Waals surface area contributed by atoms with E-state index in [1.807, 2.05) is 31.2 Å². The lowest BCUT2D eigenvalue weighted by molar-refractivity contribution is 0.148. The number of ether oxygens (including phenoxy) is 1. The molecule has 0 saturated heterocycles. The summed E-state index contributed by atoms with van der Waals surface area (Å²) < 4.78 is 33.0.